The van der Waals surface area contributed by atoms with Crippen molar-refractivity contribution in [2.45, 2.75) is 31.6 Å². The maximum atomic E-state index is 13.0. The molecule has 2 aromatic rings. The van der Waals surface area contributed by atoms with E-state index in [1.165, 1.54) is 36.4 Å². The lowest BCUT2D eigenvalue weighted by Crippen LogP contribution is -2.52. The standard InChI is InChI=1S/C21H19F4N3O3/c22-16-6-4-14(5-7-16)17-11-19(30)28(20(31)27-17)9-8-18(29)26-12-13-2-1-3-15(10-13)21(23,24)25/h1-7,10,17H,8-9,11-12H2,(H,26,29)(H,27,31). The summed E-state index contributed by atoms with van der Waals surface area (Å²) in [5, 5.41) is 5.12. The maximum Gasteiger partial charge on any atom is 0.416 e. The van der Waals surface area contributed by atoms with E-state index in [4.69, 9.17) is 0 Å². The Morgan fingerprint density at radius 2 is 1.84 bits per heavy atom. The van der Waals surface area contributed by atoms with Gasteiger partial charge in [-0.3, -0.25) is 14.5 Å². The second-order valence-corrected chi connectivity index (χ2v) is 7.03. The van der Waals surface area contributed by atoms with Gasteiger partial charge < -0.3 is 10.6 Å². The zero-order chi connectivity index (χ0) is 22.6. The summed E-state index contributed by atoms with van der Waals surface area (Å²) < 4.78 is 51.3. The molecule has 1 aliphatic heterocycles. The number of imide groups is 1. The van der Waals surface area contributed by atoms with Crippen LogP contribution in [0, 0.1) is 5.82 Å². The monoisotopic (exact) mass is 437 g/mol. The molecule has 0 saturated carbocycles. The molecule has 1 atom stereocenters. The molecule has 4 amide bonds. The lowest BCUT2D eigenvalue weighted by atomic mass is 10.0. The van der Waals surface area contributed by atoms with E-state index in [1.807, 2.05) is 0 Å². The Hall–Kier alpha value is -3.43. The van der Waals surface area contributed by atoms with E-state index in [-0.39, 0.29) is 31.5 Å². The number of urea groups is 1. The molecule has 6 nitrogen and oxygen atoms in total. The first-order valence-corrected chi connectivity index (χ1v) is 9.42. The van der Waals surface area contributed by atoms with Crippen LogP contribution >= 0.6 is 0 Å². The lowest BCUT2D eigenvalue weighted by molar-refractivity contribution is -0.137. The van der Waals surface area contributed by atoms with E-state index in [9.17, 15) is 31.9 Å². The van der Waals surface area contributed by atoms with Crippen molar-refractivity contribution in [3.05, 3.63) is 71.0 Å². The number of halogens is 4. The van der Waals surface area contributed by atoms with Crippen molar-refractivity contribution < 1.29 is 31.9 Å². The number of rotatable bonds is 6. The maximum absolute atomic E-state index is 13.0. The fourth-order valence-electron chi connectivity index (χ4n) is 3.16. The minimum Gasteiger partial charge on any atom is -0.352 e. The number of benzene rings is 2. The number of alkyl halides is 3. The zero-order valence-corrected chi connectivity index (χ0v) is 16.2. The minimum absolute atomic E-state index is 0.0385. The van der Waals surface area contributed by atoms with E-state index in [1.54, 1.807) is 0 Å². The van der Waals surface area contributed by atoms with Crippen LogP contribution in [0.1, 0.15) is 35.6 Å². The molecule has 1 saturated heterocycles. The van der Waals surface area contributed by atoms with Gasteiger partial charge in [-0.25, -0.2) is 9.18 Å². The average molecular weight is 437 g/mol. The Morgan fingerprint density at radius 1 is 1.13 bits per heavy atom. The van der Waals surface area contributed by atoms with Crippen molar-refractivity contribution in [2.75, 3.05) is 6.54 Å². The SMILES string of the molecule is O=C(CCN1C(=O)CC(c2ccc(F)cc2)NC1=O)NCc1cccc(C(F)(F)F)c1. The Kier molecular flexibility index (Phi) is 6.57. The Balaban J connectivity index is 1.50. The average Bonchev–Trinajstić information content (AvgIpc) is 2.71. The highest BCUT2D eigenvalue weighted by molar-refractivity contribution is 5.97. The molecular formula is C21H19F4N3O3. The van der Waals surface area contributed by atoms with Crippen molar-refractivity contribution in [1.29, 1.82) is 0 Å². The predicted octanol–water partition coefficient (Wildman–Crippen LogP) is 3.53. The summed E-state index contributed by atoms with van der Waals surface area (Å²) in [5.41, 5.74) is 0.0456. The van der Waals surface area contributed by atoms with Crippen LogP contribution in [0.5, 0.6) is 0 Å². The van der Waals surface area contributed by atoms with E-state index in [2.05, 4.69) is 10.6 Å². The van der Waals surface area contributed by atoms with Gasteiger partial charge in [0.1, 0.15) is 5.82 Å². The van der Waals surface area contributed by atoms with Gasteiger partial charge in [-0.1, -0.05) is 24.3 Å². The van der Waals surface area contributed by atoms with E-state index in [0.717, 1.165) is 17.0 Å². The zero-order valence-electron chi connectivity index (χ0n) is 16.2. The van der Waals surface area contributed by atoms with Gasteiger partial charge >= 0.3 is 12.2 Å². The number of carbonyl (C=O) groups is 3. The first-order valence-electron chi connectivity index (χ1n) is 9.42. The summed E-state index contributed by atoms with van der Waals surface area (Å²) in [4.78, 5) is 37.5. The van der Waals surface area contributed by atoms with Crippen LogP contribution in [-0.4, -0.2) is 29.3 Å². The molecule has 1 fully saturated rings. The second-order valence-electron chi connectivity index (χ2n) is 7.03. The van der Waals surface area contributed by atoms with Gasteiger partial charge in [-0.2, -0.15) is 13.2 Å². The van der Waals surface area contributed by atoms with Crippen LogP contribution in [-0.2, 0) is 22.3 Å². The minimum atomic E-state index is -4.48. The van der Waals surface area contributed by atoms with Gasteiger partial charge in [0.15, 0.2) is 0 Å². The Labute approximate surface area is 175 Å². The molecule has 2 N–H and O–H groups in total. The van der Waals surface area contributed by atoms with Crippen LogP contribution in [0.25, 0.3) is 0 Å². The van der Waals surface area contributed by atoms with Crippen LogP contribution in [0.15, 0.2) is 48.5 Å². The van der Waals surface area contributed by atoms with Gasteiger partial charge in [-0.05, 0) is 35.4 Å². The molecule has 0 spiro atoms. The summed E-state index contributed by atoms with van der Waals surface area (Å²) in [5.74, 6) is -1.43. The van der Waals surface area contributed by atoms with Crippen LogP contribution in [0.4, 0.5) is 22.4 Å². The third kappa shape index (κ3) is 5.80. The van der Waals surface area contributed by atoms with E-state index >= 15 is 0 Å². The summed E-state index contributed by atoms with van der Waals surface area (Å²) >= 11 is 0. The molecule has 10 heteroatoms. The highest BCUT2D eigenvalue weighted by Gasteiger charge is 2.33. The second kappa shape index (κ2) is 9.15. The van der Waals surface area contributed by atoms with Crippen LogP contribution in [0.3, 0.4) is 0 Å². The molecule has 164 valence electrons. The third-order valence-corrected chi connectivity index (χ3v) is 4.80. The summed E-state index contributed by atoms with van der Waals surface area (Å²) in [6, 6.07) is 8.73. The third-order valence-electron chi connectivity index (χ3n) is 4.80. The largest absolute Gasteiger partial charge is 0.416 e. The summed E-state index contributed by atoms with van der Waals surface area (Å²) in [6.07, 6.45) is -4.71. The first kappa shape index (κ1) is 22.3. The van der Waals surface area contributed by atoms with Crippen molar-refractivity contribution in [2.24, 2.45) is 0 Å². The number of nitrogens with zero attached hydrogens (tertiary/aromatic N) is 1. The Bertz CT molecular complexity index is 959. The molecule has 1 aliphatic rings. The van der Waals surface area contributed by atoms with Gasteiger partial charge in [0.05, 0.1) is 18.0 Å². The van der Waals surface area contributed by atoms with Crippen molar-refractivity contribution in [3.8, 4) is 0 Å². The number of hydrogen-bond acceptors (Lipinski definition) is 3. The van der Waals surface area contributed by atoms with E-state index in [0.29, 0.717) is 5.56 Å². The normalized spacial score (nSPS) is 16.8. The van der Waals surface area contributed by atoms with Gasteiger partial charge in [0.2, 0.25) is 11.8 Å². The number of amides is 4. The molecule has 1 unspecified atom stereocenters. The predicted molar refractivity (Wildman–Crippen MR) is 102 cm³/mol. The molecule has 0 bridgehead atoms. The summed E-state index contributed by atoms with van der Waals surface area (Å²) in [6.45, 7) is -0.287. The highest BCUT2D eigenvalue weighted by Crippen LogP contribution is 2.29. The van der Waals surface area contributed by atoms with Crippen LogP contribution < -0.4 is 10.6 Å². The van der Waals surface area contributed by atoms with Crippen molar-refractivity contribution >= 4 is 17.8 Å². The summed E-state index contributed by atoms with van der Waals surface area (Å²) in [7, 11) is 0. The fourth-order valence-corrected chi connectivity index (χ4v) is 3.16. The highest BCUT2D eigenvalue weighted by atomic mass is 19.4. The van der Waals surface area contributed by atoms with Gasteiger partial charge in [0, 0.05) is 19.5 Å². The Morgan fingerprint density at radius 3 is 2.48 bits per heavy atom. The smallest absolute Gasteiger partial charge is 0.352 e. The molecule has 0 radical (unpaired) electrons. The first-order chi connectivity index (χ1) is 14.6. The van der Waals surface area contributed by atoms with Gasteiger partial charge in [0.25, 0.3) is 0 Å². The van der Waals surface area contributed by atoms with Crippen molar-refractivity contribution in [3.63, 3.8) is 0 Å². The molecule has 3 rings (SSSR count). The molecule has 2 aromatic carbocycles. The molecule has 31 heavy (non-hydrogen) atoms. The quantitative estimate of drug-likeness (QED) is 0.679. The van der Waals surface area contributed by atoms with Gasteiger partial charge in [-0.15, -0.1) is 0 Å². The van der Waals surface area contributed by atoms with E-state index < -0.39 is 41.4 Å². The lowest BCUT2D eigenvalue weighted by Gasteiger charge is -2.31. The fraction of sp³-hybridized carbons (Fsp3) is 0.286. The van der Waals surface area contributed by atoms with Crippen molar-refractivity contribution in [1.82, 2.24) is 15.5 Å². The molecule has 1 heterocycles. The molecular weight excluding hydrogens is 418 g/mol. The number of nitrogens with one attached hydrogen (secondary N) is 2. The number of hydrogen-bond donors (Lipinski definition) is 2. The molecule has 0 aliphatic carbocycles. The topological polar surface area (TPSA) is 78.5 Å². The number of carbonyl (C=O) groups excluding carboxylic acids is 3. The van der Waals surface area contributed by atoms with Crippen LogP contribution in [0.2, 0.25) is 0 Å². The molecule has 0 aromatic heterocycles.